The number of carbonyl (C=O) groups excluding carboxylic acids is 1. The summed E-state index contributed by atoms with van der Waals surface area (Å²) in [5.74, 6) is 0.00337. The molecule has 1 atom stereocenters. The fraction of sp³-hybridized carbons (Fsp3) is 0.667. The van der Waals surface area contributed by atoms with Gasteiger partial charge in [0, 0.05) is 0 Å². The minimum atomic E-state index is -0.615. The maximum atomic E-state index is 10.3. The zero-order chi connectivity index (χ0) is 7.98. The molecule has 0 bridgehead atoms. The van der Waals surface area contributed by atoms with Crippen molar-refractivity contribution in [2.75, 3.05) is 6.54 Å². The molecule has 0 saturated heterocycles. The molecule has 0 aliphatic carbocycles. The highest BCUT2D eigenvalue weighted by Crippen LogP contribution is 1.70. The molecule has 10 heavy (non-hydrogen) atoms. The number of hydrogen-bond donors (Lipinski definition) is 2. The second-order valence-electron chi connectivity index (χ2n) is 2.01. The van der Waals surface area contributed by atoms with Gasteiger partial charge in [0.1, 0.15) is 6.23 Å². The number of hydrogen-bond acceptors (Lipinski definition) is 3. The number of ketones is 1. The molecule has 0 saturated carbocycles. The topological polar surface area (TPSA) is 61.7 Å². The van der Waals surface area contributed by atoms with Gasteiger partial charge in [0.2, 0.25) is 0 Å². The molecule has 0 radical (unpaired) electrons. The Morgan fingerprint density at radius 3 is 2.90 bits per heavy atom. The summed E-state index contributed by atoms with van der Waals surface area (Å²) < 4.78 is 0. The molecule has 4 nitrogen and oxygen atoms in total. The molecule has 2 N–H and O–H groups in total. The maximum Gasteiger partial charge on any atom is 0.151 e. The first-order valence-corrected chi connectivity index (χ1v) is 3.05. The molecule has 58 valence electrons. The van der Waals surface area contributed by atoms with Gasteiger partial charge in [-0.2, -0.15) is 0 Å². The number of rotatable bonds is 4. The van der Waals surface area contributed by atoms with Gasteiger partial charge in [-0.05, 0) is 13.8 Å². The second kappa shape index (κ2) is 4.93. The molecule has 1 unspecified atom stereocenters. The summed E-state index contributed by atoms with van der Waals surface area (Å²) in [5, 5.41) is 11.1. The van der Waals surface area contributed by atoms with Gasteiger partial charge in [0.05, 0.1) is 12.9 Å². The average Bonchev–Trinajstić information content (AvgIpc) is 1.79. The zero-order valence-electron chi connectivity index (χ0n) is 6.16. The Hall–Kier alpha value is -0.900. The quantitative estimate of drug-likeness (QED) is 0.318. The summed E-state index contributed by atoms with van der Waals surface area (Å²) in [4.78, 5) is 13.9. The first-order chi connectivity index (χ1) is 4.63. The largest absolute Gasteiger partial charge is 0.374 e. The van der Waals surface area contributed by atoms with Crippen LogP contribution in [0.15, 0.2) is 4.99 Å². The van der Waals surface area contributed by atoms with E-state index >= 15 is 0 Å². The molecule has 0 aromatic rings. The summed E-state index contributed by atoms with van der Waals surface area (Å²) in [7, 11) is 0. The molecule has 0 rings (SSSR count). The third kappa shape index (κ3) is 7.10. The second-order valence-corrected chi connectivity index (χ2v) is 2.01. The van der Waals surface area contributed by atoms with Crippen molar-refractivity contribution in [2.24, 2.45) is 4.99 Å². The van der Waals surface area contributed by atoms with Gasteiger partial charge in [0.15, 0.2) is 5.78 Å². The van der Waals surface area contributed by atoms with E-state index in [0.29, 0.717) is 0 Å². The summed E-state index contributed by atoms with van der Waals surface area (Å²) >= 11 is 0. The molecule has 0 aromatic heterocycles. The molecule has 0 fully saturated rings. The first-order valence-electron chi connectivity index (χ1n) is 3.05. The van der Waals surface area contributed by atoms with Crippen molar-refractivity contribution in [3.05, 3.63) is 0 Å². The fourth-order valence-electron chi connectivity index (χ4n) is 0.335. The number of aliphatic hydroxyl groups excluding tert-OH is 1. The van der Waals surface area contributed by atoms with Crippen LogP contribution in [0.5, 0.6) is 0 Å². The molecule has 0 heterocycles. The monoisotopic (exact) mass is 144 g/mol. The van der Waals surface area contributed by atoms with Gasteiger partial charge in [-0.15, -0.1) is 0 Å². The predicted molar refractivity (Wildman–Crippen MR) is 38.9 cm³/mol. The zero-order valence-corrected chi connectivity index (χ0v) is 6.16. The van der Waals surface area contributed by atoms with E-state index in [2.05, 4.69) is 10.3 Å². The number of nitrogens with one attached hydrogen (secondary N) is 1. The van der Waals surface area contributed by atoms with Crippen molar-refractivity contribution in [1.82, 2.24) is 5.32 Å². The van der Waals surface area contributed by atoms with Gasteiger partial charge in [-0.1, -0.05) is 0 Å². The Morgan fingerprint density at radius 1 is 1.90 bits per heavy atom. The van der Waals surface area contributed by atoms with Crippen LogP contribution < -0.4 is 5.32 Å². The van der Waals surface area contributed by atoms with Crippen LogP contribution >= 0.6 is 0 Å². The highest BCUT2D eigenvalue weighted by molar-refractivity contribution is 5.79. The van der Waals surface area contributed by atoms with Crippen LogP contribution in [-0.2, 0) is 4.79 Å². The number of aliphatic hydroxyl groups is 1. The van der Waals surface area contributed by atoms with Crippen LogP contribution in [0.3, 0.4) is 0 Å². The Balaban J connectivity index is 3.29. The normalized spacial score (nSPS) is 13.5. The van der Waals surface area contributed by atoms with Gasteiger partial charge >= 0.3 is 0 Å². The Bertz CT molecular complexity index is 132. The van der Waals surface area contributed by atoms with Crippen molar-refractivity contribution in [3.8, 4) is 0 Å². The molecule has 0 aliphatic heterocycles. The van der Waals surface area contributed by atoms with Crippen molar-refractivity contribution >= 4 is 12.1 Å². The van der Waals surface area contributed by atoms with E-state index in [4.69, 9.17) is 5.11 Å². The summed E-state index contributed by atoms with van der Waals surface area (Å²) in [5.41, 5.74) is 0. The summed E-state index contributed by atoms with van der Waals surface area (Å²) in [6.45, 7) is 3.19. The third-order valence-electron chi connectivity index (χ3n) is 0.721. The smallest absolute Gasteiger partial charge is 0.151 e. The van der Waals surface area contributed by atoms with E-state index in [0.717, 1.165) is 0 Å². The van der Waals surface area contributed by atoms with E-state index in [1.54, 1.807) is 6.92 Å². The van der Waals surface area contributed by atoms with Gasteiger partial charge < -0.3 is 10.4 Å². The number of aliphatic imine (C=N–C) groups is 1. The fourth-order valence-corrected chi connectivity index (χ4v) is 0.335. The standard InChI is InChI=1S/C6H12N2O2/c1-5(9)3-7-4-8-6(2)10/h4,6,10H,3H2,1-2H3,(H,7,8). The lowest BCUT2D eigenvalue weighted by molar-refractivity contribution is -0.115. The lowest BCUT2D eigenvalue weighted by Gasteiger charge is -1.99. The Kier molecular flexibility index (Phi) is 4.49. The van der Waals surface area contributed by atoms with Crippen molar-refractivity contribution < 1.29 is 9.90 Å². The van der Waals surface area contributed by atoms with E-state index in [9.17, 15) is 4.79 Å². The number of carbonyl (C=O) groups is 1. The van der Waals surface area contributed by atoms with Crippen LogP contribution in [0.25, 0.3) is 0 Å². The number of nitrogens with zero attached hydrogens (tertiary/aromatic N) is 1. The number of Topliss-reactive ketones (excluding diaryl/α,β-unsaturated/α-hetero) is 1. The highest BCUT2D eigenvalue weighted by Gasteiger charge is 1.87. The Labute approximate surface area is 60.0 Å². The van der Waals surface area contributed by atoms with Crippen molar-refractivity contribution in [2.45, 2.75) is 20.1 Å². The predicted octanol–water partition coefficient (Wildman–Crippen LogP) is -0.468. The molecule has 0 aromatic carbocycles. The lowest BCUT2D eigenvalue weighted by atomic mass is 10.5. The van der Waals surface area contributed by atoms with Crippen LogP contribution in [0, 0.1) is 0 Å². The van der Waals surface area contributed by atoms with Crippen LogP contribution in [0.4, 0.5) is 0 Å². The summed E-state index contributed by atoms with van der Waals surface area (Å²) in [6.07, 6.45) is 0.710. The summed E-state index contributed by atoms with van der Waals surface area (Å²) in [6, 6.07) is 0. The minimum Gasteiger partial charge on any atom is -0.374 e. The minimum absolute atomic E-state index is 0.00337. The SMILES string of the molecule is CC(=O)CN=CNC(C)O. The van der Waals surface area contributed by atoms with Gasteiger partial charge in [-0.25, -0.2) is 0 Å². The average molecular weight is 144 g/mol. The van der Waals surface area contributed by atoms with Gasteiger partial charge in [0.25, 0.3) is 0 Å². The van der Waals surface area contributed by atoms with Crippen LogP contribution in [-0.4, -0.2) is 30.0 Å². The van der Waals surface area contributed by atoms with E-state index < -0.39 is 6.23 Å². The highest BCUT2D eigenvalue weighted by atomic mass is 16.3. The molecule has 4 heteroatoms. The van der Waals surface area contributed by atoms with E-state index in [1.165, 1.54) is 13.3 Å². The van der Waals surface area contributed by atoms with E-state index in [-0.39, 0.29) is 12.3 Å². The Morgan fingerprint density at radius 2 is 2.50 bits per heavy atom. The van der Waals surface area contributed by atoms with Gasteiger partial charge in [-0.3, -0.25) is 9.79 Å². The molecular formula is C6H12N2O2. The van der Waals surface area contributed by atoms with Crippen molar-refractivity contribution in [1.29, 1.82) is 0 Å². The third-order valence-corrected chi connectivity index (χ3v) is 0.721. The van der Waals surface area contributed by atoms with Crippen LogP contribution in [0.2, 0.25) is 0 Å². The van der Waals surface area contributed by atoms with Crippen LogP contribution in [0.1, 0.15) is 13.8 Å². The first kappa shape index (κ1) is 9.10. The molecule has 0 spiro atoms. The van der Waals surface area contributed by atoms with E-state index in [1.807, 2.05) is 0 Å². The molecule has 0 aliphatic rings. The molecular weight excluding hydrogens is 132 g/mol. The molecule has 0 amide bonds. The maximum absolute atomic E-state index is 10.3. The van der Waals surface area contributed by atoms with Crippen molar-refractivity contribution in [3.63, 3.8) is 0 Å². The lowest BCUT2D eigenvalue weighted by Crippen LogP contribution is -2.23.